The zero-order chi connectivity index (χ0) is 28.9. The number of nitrogens with zero attached hydrogens (tertiary/aromatic N) is 3. The second kappa shape index (κ2) is 15.8. The van der Waals surface area contributed by atoms with Gasteiger partial charge in [0.05, 0.1) is 12.7 Å². The number of nitrogens with one attached hydrogen (secondary N) is 1. The summed E-state index contributed by atoms with van der Waals surface area (Å²) in [5.74, 6) is 0.429. The third kappa shape index (κ3) is 8.22. The molecule has 0 aliphatic carbocycles. The molecule has 0 aromatic heterocycles. The first-order valence-corrected chi connectivity index (χ1v) is 14.8. The van der Waals surface area contributed by atoms with Crippen LogP contribution >= 0.6 is 36.4 Å². The molecule has 2 aliphatic heterocycles. The van der Waals surface area contributed by atoms with E-state index in [0.29, 0.717) is 40.0 Å². The predicted octanol–water partition coefficient (Wildman–Crippen LogP) is 6.91. The average Bonchev–Trinajstić information content (AvgIpc) is 3.15. The number of aryl methyl sites for hydroxylation is 1. The molecule has 0 saturated carbocycles. The van der Waals surface area contributed by atoms with E-state index in [9.17, 15) is 9.59 Å². The van der Waals surface area contributed by atoms with E-state index in [1.807, 2.05) is 48.2 Å². The molecule has 1 unspecified atom stereocenters. The Kier molecular flexibility index (Phi) is 12.7. The third-order valence-corrected chi connectivity index (χ3v) is 8.60. The molecule has 1 atom stereocenters. The van der Waals surface area contributed by atoms with Crippen LogP contribution in [0, 0.1) is 6.92 Å². The van der Waals surface area contributed by atoms with E-state index in [-0.39, 0.29) is 36.6 Å². The summed E-state index contributed by atoms with van der Waals surface area (Å²) in [4.78, 5) is 33.7. The van der Waals surface area contributed by atoms with E-state index < -0.39 is 0 Å². The highest BCUT2D eigenvalue weighted by Crippen LogP contribution is 2.39. The van der Waals surface area contributed by atoms with Crippen LogP contribution in [0.4, 0.5) is 11.4 Å². The van der Waals surface area contributed by atoms with Gasteiger partial charge in [-0.3, -0.25) is 9.59 Å². The smallest absolute Gasteiger partial charge is 0.262 e. The average molecular weight is 648 g/mol. The van der Waals surface area contributed by atoms with Crippen molar-refractivity contribution in [2.45, 2.75) is 32.1 Å². The lowest BCUT2D eigenvalue weighted by atomic mass is 9.90. The summed E-state index contributed by atoms with van der Waals surface area (Å²) >= 11 is 6.49. The van der Waals surface area contributed by atoms with Crippen LogP contribution in [0.3, 0.4) is 0 Å². The molecule has 3 aromatic carbocycles. The van der Waals surface area contributed by atoms with Crippen molar-refractivity contribution in [2.75, 3.05) is 63.6 Å². The summed E-state index contributed by atoms with van der Waals surface area (Å²) in [5.41, 5.74) is 4.58. The summed E-state index contributed by atoms with van der Waals surface area (Å²) in [6.45, 7) is 7.96. The van der Waals surface area contributed by atoms with Crippen molar-refractivity contribution >= 4 is 59.6 Å². The molecule has 1 fully saturated rings. The topological polar surface area (TPSA) is 65.1 Å². The normalized spacial score (nSPS) is 17.1. The van der Waals surface area contributed by atoms with Gasteiger partial charge in [-0.2, -0.15) is 0 Å². The van der Waals surface area contributed by atoms with Crippen molar-refractivity contribution in [2.24, 2.45) is 0 Å². The van der Waals surface area contributed by atoms with Crippen molar-refractivity contribution < 1.29 is 14.3 Å². The molecule has 2 heterocycles. The fraction of sp³-hybridized carbons (Fsp3) is 0.394. The molecule has 1 saturated heterocycles. The van der Waals surface area contributed by atoms with Crippen LogP contribution in [0.2, 0.25) is 5.02 Å². The van der Waals surface area contributed by atoms with Crippen LogP contribution in [0.25, 0.3) is 0 Å². The zero-order valence-corrected chi connectivity index (χ0v) is 27.4. The highest BCUT2D eigenvalue weighted by molar-refractivity contribution is 6.30. The second-order valence-corrected chi connectivity index (χ2v) is 11.6. The van der Waals surface area contributed by atoms with Crippen LogP contribution in [-0.2, 0) is 0 Å². The van der Waals surface area contributed by atoms with Crippen LogP contribution < -0.4 is 15.0 Å². The van der Waals surface area contributed by atoms with Gasteiger partial charge in [0.2, 0.25) is 0 Å². The molecule has 43 heavy (non-hydrogen) atoms. The van der Waals surface area contributed by atoms with Gasteiger partial charge < -0.3 is 24.8 Å². The molecule has 2 amide bonds. The van der Waals surface area contributed by atoms with Gasteiger partial charge >= 0.3 is 0 Å². The number of methoxy groups -OCH3 is 1. The predicted molar refractivity (Wildman–Crippen MR) is 180 cm³/mol. The van der Waals surface area contributed by atoms with Crippen LogP contribution in [0.5, 0.6) is 5.75 Å². The molecule has 5 rings (SSSR count). The largest absolute Gasteiger partial charge is 0.496 e. The molecular weight excluding hydrogens is 607 g/mol. The van der Waals surface area contributed by atoms with Crippen molar-refractivity contribution in [1.29, 1.82) is 0 Å². The number of likely N-dealkylation sites (N-methyl/N-ethyl adjacent to an activating group) is 1. The number of amides is 2. The molecular formula is C33H41Cl3N4O3. The summed E-state index contributed by atoms with van der Waals surface area (Å²) in [7, 11) is 3.72. The maximum absolute atomic E-state index is 14.0. The quantitative estimate of drug-likeness (QED) is 0.302. The van der Waals surface area contributed by atoms with E-state index in [1.54, 1.807) is 31.4 Å². The summed E-state index contributed by atoms with van der Waals surface area (Å²) in [6.07, 6.45) is 2.95. The number of anilines is 2. The number of rotatable bonds is 7. The number of hydrogen-bond donors (Lipinski definition) is 1. The molecule has 2 aliphatic rings. The first-order valence-electron chi connectivity index (χ1n) is 14.4. The third-order valence-electron chi connectivity index (χ3n) is 8.37. The number of benzene rings is 3. The molecule has 3 aromatic rings. The maximum Gasteiger partial charge on any atom is 0.262 e. The van der Waals surface area contributed by atoms with E-state index in [1.165, 1.54) is 0 Å². The van der Waals surface area contributed by atoms with Crippen molar-refractivity contribution in [3.63, 3.8) is 0 Å². The van der Waals surface area contributed by atoms with Gasteiger partial charge in [0.25, 0.3) is 11.8 Å². The molecule has 10 heteroatoms. The SMILES string of the molecule is COc1cc(NC(=O)c2ccccc2C)ccc1C(=O)N1CCCC(CCN2CCN(C)CC2)c2cc(Cl)ccc21.Cl.Cl. The maximum atomic E-state index is 14.0. The standard InChI is InChI=1S/C33H39ClN4O3.2ClH/c1-23-7-4-5-9-27(23)32(39)35-26-11-12-28(31(22-26)41-3)33(40)38-15-6-8-24(29-21-25(34)10-13-30(29)38)14-16-37-19-17-36(2)18-20-37;;/h4-5,7,9-13,21-22,24H,6,8,14-20H2,1-3H3,(H,35,39);2*1H. The molecule has 232 valence electrons. The molecule has 0 radical (unpaired) electrons. The minimum atomic E-state index is -0.204. The number of hydrogen-bond acceptors (Lipinski definition) is 5. The van der Waals surface area contributed by atoms with Crippen LogP contribution in [0.1, 0.15) is 57.0 Å². The molecule has 0 bridgehead atoms. The Hall–Kier alpha value is -2.81. The second-order valence-electron chi connectivity index (χ2n) is 11.1. The van der Waals surface area contributed by atoms with Crippen molar-refractivity contribution in [3.05, 3.63) is 87.9 Å². The van der Waals surface area contributed by atoms with Gasteiger partial charge in [-0.05, 0) is 93.2 Å². The number of piperazine rings is 1. The fourth-order valence-corrected chi connectivity index (χ4v) is 6.09. The first-order chi connectivity index (χ1) is 19.8. The van der Waals surface area contributed by atoms with Gasteiger partial charge in [0.1, 0.15) is 5.75 Å². The monoisotopic (exact) mass is 646 g/mol. The number of carbonyl (C=O) groups is 2. The lowest BCUT2D eigenvalue weighted by molar-refractivity contribution is 0.0983. The van der Waals surface area contributed by atoms with Crippen molar-refractivity contribution in [1.82, 2.24) is 9.80 Å². The highest BCUT2D eigenvalue weighted by atomic mass is 35.5. The van der Waals surface area contributed by atoms with Crippen LogP contribution in [0.15, 0.2) is 60.7 Å². The van der Waals surface area contributed by atoms with E-state index >= 15 is 0 Å². The Bertz CT molecular complexity index is 1410. The van der Waals surface area contributed by atoms with E-state index in [0.717, 1.165) is 68.8 Å². The summed E-state index contributed by atoms with van der Waals surface area (Å²) in [6, 6.07) is 18.5. The van der Waals surface area contributed by atoms with Gasteiger partial charge in [0, 0.05) is 60.8 Å². The molecule has 0 spiro atoms. The van der Waals surface area contributed by atoms with Gasteiger partial charge in [-0.15, -0.1) is 24.8 Å². The zero-order valence-electron chi connectivity index (χ0n) is 25.0. The molecule has 7 nitrogen and oxygen atoms in total. The number of fused-ring (bicyclic) bond motifs is 1. The Labute approximate surface area is 272 Å². The van der Waals surface area contributed by atoms with E-state index in [2.05, 4.69) is 22.2 Å². The lowest BCUT2D eigenvalue weighted by Crippen LogP contribution is -2.44. The fourth-order valence-electron chi connectivity index (χ4n) is 5.91. The first kappa shape index (κ1) is 34.7. The van der Waals surface area contributed by atoms with Gasteiger partial charge in [-0.1, -0.05) is 29.8 Å². The number of carbonyl (C=O) groups excluding carboxylic acids is 2. The van der Waals surface area contributed by atoms with Crippen molar-refractivity contribution in [3.8, 4) is 5.75 Å². The Morgan fingerprint density at radius 3 is 2.42 bits per heavy atom. The van der Waals surface area contributed by atoms with Gasteiger partial charge in [0.15, 0.2) is 0 Å². The molecule has 1 N–H and O–H groups in total. The summed E-state index contributed by atoms with van der Waals surface area (Å²) < 4.78 is 5.65. The highest BCUT2D eigenvalue weighted by Gasteiger charge is 2.29. The lowest BCUT2D eigenvalue weighted by Gasteiger charge is -2.33. The Morgan fingerprint density at radius 1 is 0.953 bits per heavy atom. The Balaban J connectivity index is 0.00000253. The van der Waals surface area contributed by atoms with Crippen LogP contribution in [-0.4, -0.2) is 75.0 Å². The minimum Gasteiger partial charge on any atom is -0.496 e. The van der Waals surface area contributed by atoms with Gasteiger partial charge in [-0.25, -0.2) is 0 Å². The minimum absolute atomic E-state index is 0. The summed E-state index contributed by atoms with van der Waals surface area (Å²) in [5, 5.41) is 3.62. The number of halogens is 3. The number of ether oxygens (including phenoxy) is 1. The van der Waals surface area contributed by atoms with E-state index in [4.69, 9.17) is 16.3 Å². The Morgan fingerprint density at radius 2 is 1.70 bits per heavy atom.